The summed E-state index contributed by atoms with van der Waals surface area (Å²) in [5.41, 5.74) is 0.988. The van der Waals surface area contributed by atoms with Crippen LogP contribution >= 0.6 is 0 Å². The van der Waals surface area contributed by atoms with Gasteiger partial charge in [0.25, 0.3) is 5.71 Å². The maximum absolute atomic E-state index is 10.6. The summed E-state index contributed by atoms with van der Waals surface area (Å²) in [6.45, 7) is 1.73. The number of aryl methyl sites for hydroxylation is 1. The summed E-state index contributed by atoms with van der Waals surface area (Å²) in [6.07, 6.45) is 1.23. The van der Waals surface area contributed by atoms with Crippen LogP contribution in [-0.4, -0.2) is 18.9 Å². The third-order valence-corrected chi connectivity index (χ3v) is 2.29. The molecule has 0 aromatic carbocycles. The molecular formula is C7H5N2NaO3S. The van der Waals surface area contributed by atoms with Crippen LogP contribution in [0.15, 0.2) is 21.7 Å². The summed E-state index contributed by atoms with van der Waals surface area (Å²) in [4.78, 5) is 3.94. The molecule has 0 fully saturated rings. The first-order chi connectivity index (χ1) is 6.18. The number of hydrogen-bond acceptors (Lipinski definition) is 5. The first-order valence-corrected chi connectivity index (χ1v) is 4.57. The van der Waals surface area contributed by atoms with Gasteiger partial charge in [0.2, 0.25) is 0 Å². The van der Waals surface area contributed by atoms with Gasteiger partial charge in [0.15, 0.2) is 0 Å². The molecule has 68 valence electrons. The van der Waals surface area contributed by atoms with Crippen molar-refractivity contribution >= 4 is 22.2 Å². The van der Waals surface area contributed by atoms with E-state index in [0.29, 0.717) is 16.8 Å². The first-order valence-electron chi connectivity index (χ1n) is 3.50. The molecule has 2 heterocycles. The van der Waals surface area contributed by atoms with Crippen LogP contribution in [0.5, 0.6) is 0 Å². The molecule has 0 aliphatic heterocycles. The molecule has 0 saturated heterocycles. The molecule has 1 atom stereocenters. The van der Waals surface area contributed by atoms with Gasteiger partial charge in [-0.2, -0.15) is 0 Å². The van der Waals surface area contributed by atoms with Crippen LogP contribution in [-0.2, 0) is 11.1 Å². The molecule has 5 nitrogen and oxygen atoms in total. The van der Waals surface area contributed by atoms with E-state index in [2.05, 4.69) is 10.1 Å². The molecule has 0 saturated carbocycles. The van der Waals surface area contributed by atoms with Crippen molar-refractivity contribution in [1.82, 2.24) is 10.1 Å². The van der Waals surface area contributed by atoms with Crippen molar-refractivity contribution in [2.24, 2.45) is 0 Å². The van der Waals surface area contributed by atoms with Gasteiger partial charge in [0.1, 0.15) is 0 Å². The van der Waals surface area contributed by atoms with E-state index < -0.39 is 11.1 Å². The van der Waals surface area contributed by atoms with Crippen LogP contribution in [0.25, 0.3) is 11.1 Å². The second kappa shape index (κ2) is 4.50. The Morgan fingerprint density at radius 1 is 1.57 bits per heavy atom. The number of nitrogens with zero attached hydrogens (tertiary/aromatic N) is 2. The second-order valence-corrected chi connectivity index (χ2v) is 3.47. The fraction of sp³-hybridized carbons (Fsp3) is 0.143. The van der Waals surface area contributed by atoms with E-state index in [-0.39, 0.29) is 34.5 Å². The van der Waals surface area contributed by atoms with Crippen molar-refractivity contribution in [2.45, 2.75) is 11.8 Å². The Balaban J connectivity index is 0.000000980. The maximum Gasteiger partial charge on any atom is 1.00 e. The monoisotopic (exact) mass is 220 g/mol. The molecule has 1 unspecified atom stereocenters. The largest absolute Gasteiger partial charge is 1.00 e. The molecule has 0 radical (unpaired) electrons. The van der Waals surface area contributed by atoms with Crippen LogP contribution in [0, 0.1) is 6.92 Å². The average molecular weight is 220 g/mol. The van der Waals surface area contributed by atoms with Gasteiger partial charge in [-0.05, 0) is 24.1 Å². The SMILES string of the molecule is Cc1noc2ncc(S(=O)[O-])cc12.[Na+]. The van der Waals surface area contributed by atoms with E-state index in [1.165, 1.54) is 12.3 Å². The predicted octanol–water partition coefficient (Wildman–Crippen LogP) is -2.23. The Morgan fingerprint density at radius 3 is 2.93 bits per heavy atom. The number of pyridine rings is 1. The maximum atomic E-state index is 10.6. The van der Waals surface area contributed by atoms with Gasteiger partial charge >= 0.3 is 29.6 Å². The molecule has 0 spiro atoms. The summed E-state index contributed by atoms with van der Waals surface area (Å²) >= 11 is -2.26. The van der Waals surface area contributed by atoms with Crippen molar-refractivity contribution < 1.29 is 42.8 Å². The zero-order valence-corrected chi connectivity index (χ0v) is 10.5. The minimum atomic E-state index is -2.26. The minimum absolute atomic E-state index is 0. The molecule has 14 heavy (non-hydrogen) atoms. The number of aromatic nitrogens is 2. The summed E-state index contributed by atoms with van der Waals surface area (Å²) < 4.78 is 26.0. The number of rotatable bonds is 1. The quantitative estimate of drug-likeness (QED) is 0.401. The Bertz CT molecular complexity index is 485. The van der Waals surface area contributed by atoms with E-state index >= 15 is 0 Å². The Kier molecular flexibility index (Phi) is 3.79. The topological polar surface area (TPSA) is 79.0 Å². The van der Waals surface area contributed by atoms with Crippen molar-refractivity contribution in [1.29, 1.82) is 0 Å². The molecule has 2 aromatic rings. The molecule has 2 rings (SSSR count). The summed E-state index contributed by atoms with van der Waals surface area (Å²) in [5, 5.41) is 4.28. The van der Waals surface area contributed by atoms with Crippen LogP contribution in [0.1, 0.15) is 5.69 Å². The van der Waals surface area contributed by atoms with Crippen molar-refractivity contribution in [3.8, 4) is 0 Å². The van der Waals surface area contributed by atoms with Crippen LogP contribution in [0.2, 0.25) is 0 Å². The third kappa shape index (κ3) is 2.04. The van der Waals surface area contributed by atoms with Crippen LogP contribution in [0.3, 0.4) is 0 Å². The van der Waals surface area contributed by atoms with Crippen LogP contribution in [0.4, 0.5) is 0 Å². The fourth-order valence-corrected chi connectivity index (χ4v) is 1.37. The van der Waals surface area contributed by atoms with E-state index in [4.69, 9.17) is 4.52 Å². The molecular weight excluding hydrogens is 215 g/mol. The van der Waals surface area contributed by atoms with Gasteiger partial charge in [0.05, 0.1) is 11.1 Å². The minimum Gasteiger partial charge on any atom is -0.768 e. The molecule has 0 bridgehead atoms. The van der Waals surface area contributed by atoms with E-state index in [1.54, 1.807) is 6.92 Å². The smallest absolute Gasteiger partial charge is 0.768 e. The second-order valence-electron chi connectivity index (χ2n) is 2.53. The first kappa shape index (κ1) is 11.8. The fourth-order valence-electron chi connectivity index (χ4n) is 1.02. The summed E-state index contributed by atoms with van der Waals surface area (Å²) in [5.74, 6) is 0. The molecule has 0 aliphatic rings. The van der Waals surface area contributed by atoms with Gasteiger partial charge in [-0.3, -0.25) is 4.21 Å². The molecule has 2 aromatic heterocycles. The molecule has 0 amide bonds. The van der Waals surface area contributed by atoms with Crippen molar-refractivity contribution in [2.75, 3.05) is 0 Å². The zero-order chi connectivity index (χ0) is 9.42. The van der Waals surface area contributed by atoms with E-state index in [1.807, 2.05) is 0 Å². The molecule has 0 aliphatic carbocycles. The predicted molar refractivity (Wildman–Crippen MR) is 43.7 cm³/mol. The molecule has 0 N–H and O–H groups in total. The van der Waals surface area contributed by atoms with Gasteiger partial charge in [-0.15, -0.1) is 0 Å². The summed E-state index contributed by atoms with van der Waals surface area (Å²) in [7, 11) is 0. The van der Waals surface area contributed by atoms with Gasteiger partial charge in [-0.25, -0.2) is 4.98 Å². The Labute approximate surface area is 104 Å². The standard InChI is InChI=1S/C7H6N2O3S.Na/c1-4-6-2-5(13(10)11)3-8-7(6)12-9-4;/h2-3H,1H3,(H,10,11);/q;+1/p-1. The number of fused-ring (bicyclic) bond motifs is 1. The van der Waals surface area contributed by atoms with E-state index in [9.17, 15) is 8.76 Å². The van der Waals surface area contributed by atoms with Crippen molar-refractivity contribution in [3.05, 3.63) is 18.0 Å². The Morgan fingerprint density at radius 2 is 2.29 bits per heavy atom. The van der Waals surface area contributed by atoms with Crippen molar-refractivity contribution in [3.63, 3.8) is 0 Å². The van der Waals surface area contributed by atoms with Gasteiger partial charge in [0, 0.05) is 11.1 Å². The summed E-state index contributed by atoms with van der Waals surface area (Å²) in [6, 6.07) is 1.48. The van der Waals surface area contributed by atoms with E-state index in [0.717, 1.165) is 0 Å². The normalized spacial score (nSPS) is 12.4. The average Bonchev–Trinajstić information content (AvgIpc) is 2.47. The van der Waals surface area contributed by atoms with Crippen LogP contribution < -0.4 is 29.6 Å². The zero-order valence-electron chi connectivity index (χ0n) is 7.68. The Hall–Kier alpha value is -0.270. The number of hydrogen-bond donors (Lipinski definition) is 0. The van der Waals surface area contributed by atoms with Gasteiger partial charge in [-0.1, -0.05) is 5.16 Å². The molecule has 7 heteroatoms. The third-order valence-electron chi connectivity index (χ3n) is 1.68. The van der Waals surface area contributed by atoms with Gasteiger partial charge < -0.3 is 9.08 Å².